The molecule has 16 rings (SSSR count). The van der Waals surface area contributed by atoms with Gasteiger partial charge in [0.25, 0.3) is 0 Å². The first-order valence-electron chi connectivity index (χ1n) is 27.7. The number of para-hydroxylation sites is 6. The number of benzene rings is 12. The smallest absolute Gasteiger partial charge is 0.101 e. The molecule has 0 unspecified atom stereocenters. The fraction of sp³-hybridized carbons (Fsp3) is 0. The number of hydrogen-bond acceptors (Lipinski definition) is 4. The fourth-order valence-electron chi connectivity index (χ4n) is 13.4. The minimum atomic E-state index is 0.384. The molecule has 12 aromatic carbocycles. The number of nitriles is 4. The van der Waals surface area contributed by atoms with Crippen LogP contribution in [0.3, 0.4) is 0 Å². The van der Waals surface area contributed by atoms with Crippen molar-refractivity contribution in [1.82, 2.24) is 18.3 Å². The SMILES string of the molecule is N#Cc1ccc(-c2c(C#N)c(-c3ccc(C#N)cc3)c(-n3c4ccccc4c4ccc5c6ccccc6n(-c6ccccc6)c5c43)c(-c3ccc(C#N)cc3)c2-n2c3ccccc3c3ccc4c5ccccc5n(-c5ccccc5)c4c32)cc1. The first-order chi connectivity index (χ1) is 41.6. The number of hydrogen-bond donors (Lipinski definition) is 0. The summed E-state index contributed by atoms with van der Waals surface area (Å²) in [5.74, 6) is 0. The van der Waals surface area contributed by atoms with Gasteiger partial charge in [0.2, 0.25) is 0 Å². The van der Waals surface area contributed by atoms with E-state index in [9.17, 15) is 21.0 Å². The van der Waals surface area contributed by atoms with Gasteiger partial charge in [-0.25, -0.2) is 0 Å². The second-order valence-corrected chi connectivity index (χ2v) is 21.2. The first kappa shape index (κ1) is 47.8. The average molecular weight is 1070 g/mol. The Labute approximate surface area is 481 Å². The summed E-state index contributed by atoms with van der Waals surface area (Å²) in [7, 11) is 0. The molecule has 4 heterocycles. The van der Waals surface area contributed by atoms with E-state index in [4.69, 9.17) is 0 Å². The lowest BCUT2D eigenvalue weighted by Gasteiger charge is -2.28. The molecule has 0 amide bonds. The van der Waals surface area contributed by atoms with Crippen molar-refractivity contribution in [3.05, 3.63) is 277 Å². The Kier molecular flexibility index (Phi) is 10.6. The highest BCUT2D eigenvalue weighted by Gasteiger charge is 2.34. The summed E-state index contributed by atoms with van der Waals surface area (Å²) >= 11 is 0. The van der Waals surface area contributed by atoms with Crippen LogP contribution in [-0.4, -0.2) is 18.3 Å². The minimum Gasteiger partial charge on any atom is -0.307 e. The molecule has 4 aromatic heterocycles. The number of aromatic nitrogens is 4. The molecule has 16 aromatic rings. The van der Waals surface area contributed by atoms with Crippen LogP contribution in [-0.2, 0) is 0 Å². The van der Waals surface area contributed by atoms with Gasteiger partial charge in [0.05, 0.1) is 96.0 Å². The number of fused-ring (bicyclic) bond motifs is 14. The van der Waals surface area contributed by atoms with E-state index < -0.39 is 0 Å². The molecule has 0 aliphatic rings. The lowest BCUT2D eigenvalue weighted by molar-refractivity contribution is 1.12. The van der Waals surface area contributed by atoms with Crippen LogP contribution in [0.15, 0.2) is 255 Å². The van der Waals surface area contributed by atoms with Crippen LogP contribution in [0.4, 0.5) is 0 Å². The van der Waals surface area contributed by atoms with Crippen LogP contribution in [0, 0.1) is 45.3 Å². The Hall–Kier alpha value is -12.2. The zero-order valence-electron chi connectivity index (χ0n) is 44.8. The lowest BCUT2D eigenvalue weighted by Crippen LogP contribution is -2.11. The summed E-state index contributed by atoms with van der Waals surface area (Å²) in [6.45, 7) is 0. The largest absolute Gasteiger partial charge is 0.307 e. The molecule has 0 atom stereocenters. The third kappa shape index (κ3) is 6.84. The van der Waals surface area contributed by atoms with Gasteiger partial charge in [0.15, 0.2) is 0 Å². The average Bonchev–Trinajstić information content (AvgIpc) is 1.69. The van der Waals surface area contributed by atoms with E-state index in [2.05, 4.69) is 212 Å². The van der Waals surface area contributed by atoms with E-state index in [-0.39, 0.29) is 0 Å². The van der Waals surface area contributed by atoms with Crippen molar-refractivity contribution in [3.63, 3.8) is 0 Å². The van der Waals surface area contributed by atoms with Crippen LogP contribution in [0.2, 0.25) is 0 Å². The quantitative estimate of drug-likeness (QED) is 0.158. The molecule has 0 spiro atoms. The van der Waals surface area contributed by atoms with Gasteiger partial charge < -0.3 is 18.3 Å². The highest BCUT2D eigenvalue weighted by Crippen LogP contribution is 2.54. The minimum absolute atomic E-state index is 0.384. The van der Waals surface area contributed by atoms with Crippen LogP contribution in [0.1, 0.15) is 22.3 Å². The summed E-state index contributed by atoms with van der Waals surface area (Å²) < 4.78 is 9.52. The van der Waals surface area contributed by atoms with Crippen LogP contribution < -0.4 is 0 Å². The van der Waals surface area contributed by atoms with Gasteiger partial charge in [0.1, 0.15) is 6.07 Å². The van der Waals surface area contributed by atoms with Crippen molar-refractivity contribution >= 4 is 87.2 Å². The van der Waals surface area contributed by atoms with E-state index in [0.717, 1.165) is 121 Å². The van der Waals surface area contributed by atoms with Gasteiger partial charge >= 0.3 is 0 Å². The molecule has 0 N–H and O–H groups in total. The molecule has 0 bridgehead atoms. The molecule has 8 heteroatoms. The van der Waals surface area contributed by atoms with E-state index in [1.807, 2.05) is 84.9 Å². The van der Waals surface area contributed by atoms with Crippen LogP contribution in [0.25, 0.3) is 143 Å². The van der Waals surface area contributed by atoms with Gasteiger partial charge in [-0.05, 0) is 102 Å². The van der Waals surface area contributed by atoms with Gasteiger partial charge in [-0.3, -0.25) is 0 Å². The molecule has 8 nitrogen and oxygen atoms in total. The summed E-state index contributed by atoms with van der Waals surface area (Å²) in [6, 6.07) is 97.0. The Morgan fingerprint density at radius 2 is 0.500 bits per heavy atom. The second-order valence-electron chi connectivity index (χ2n) is 21.2. The Morgan fingerprint density at radius 3 is 0.810 bits per heavy atom. The third-order valence-electron chi connectivity index (χ3n) is 16.9. The van der Waals surface area contributed by atoms with E-state index in [1.165, 1.54) is 0 Å². The van der Waals surface area contributed by atoms with Gasteiger partial charge in [-0.1, -0.05) is 170 Å². The highest BCUT2D eigenvalue weighted by atomic mass is 15.1. The van der Waals surface area contributed by atoms with Gasteiger partial charge in [0, 0.05) is 71.2 Å². The van der Waals surface area contributed by atoms with Crippen molar-refractivity contribution in [2.24, 2.45) is 0 Å². The summed E-state index contributed by atoms with van der Waals surface area (Å²) in [4.78, 5) is 0. The Balaban J connectivity index is 1.24. The lowest BCUT2D eigenvalue weighted by atomic mass is 9.83. The van der Waals surface area contributed by atoms with Crippen molar-refractivity contribution in [2.45, 2.75) is 0 Å². The number of nitrogens with zero attached hydrogens (tertiary/aromatic N) is 8. The molecule has 0 aliphatic carbocycles. The van der Waals surface area contributed by atoms with Crippen LogP contribution in [0.5, 0.6) is 0 Å². The van der Waals surface area contributed by atoms with Gasteiger partial charge in [-0.15, -0.1) is 0 Å². The van der Waals surface area contributed by atoms with E-state index >= 15 is 0 Å². The topological polar surface area (TPSA) is 115 Å². The first-order valence-corrected chi connectivity index (χ1v) is 27.7. The fourth-order valence-corrected chi connectivity index (χ4v) is 13.4. The number of rotatable bonds is 7. The zero-order valence-corrected chi connectivity index (χ0v) is 44.8. The molecular weight excluding hydrogens is 1020 g/mol. The Bertz CT molecular complexity index is 5300. The van der Waals surface area contributed by atoms with Gasteiger partial charge in [-0.2, -0.15) is 21.0 Å². The normalized spacial score (nSPS) is 11.5. The maximum absolute atomic E-state index is 12.7. The predicted molar refractivity (Wildman–Crippen MR) is 339 cm³/mol. The monoisotopic (exact) mass is 1070 g/mol. The van der Waals surface area contributed by atoms with Crippen molar-refractivity contribution in [2.75, 3.05) is 0 Å². The summed E-state index contributed by atoms with van der Waals surface area (Å²) in [5.41, 5.74) is 17.2. The molecule has 84 heavy (non-hydrogen) atoms. The van der Waals surface area contributed by atoms with E-state index in [0.29, 0.717) is 44.5 Å². The predicted octanol–water partition coefficient (Wildman–Crippen LogP) is 18.6. The standard InChI is InChI=1S/C76H42N8/c77-43-47-27-33-50(34-28-47)68-63(46-80)69(51-35-29-48(44-78)30-36-51)76(84-67-26-14-10-22-58(67)62-42-40-60-56-20-8-12-24-65(56)82(72(60)74(62)84)54-17-5-2-6-18-54)70(52-37-31-49(45-79)32-38-52)75(68)83-66-25-13-9-21-57(66)61-41-39-59-55-19-7-11-23-64(55)81(71(59)73(61)83)53-15-3-1-4-16-53/h1-42H. The summed E-state index contributed by atoms with van der Waals surface area (Å²) in [5, 5.41) is 52.3. The van der Waals surface area contributed by atoms with Crippen molar-refractivity contribution in [1.29, 1.82) is 21.0 Å². The molecule has 386 valence electrons. The zero-order chi connectivity index (χ0) is 56.2. The molecule has 0 fully saturated rings. The summed E-state index contributed by atoms with van der Waals surface area (Å²) in [6.07, 6.45) is 0. The molecule has 0 aliphatic heterocycles. The van der Waals surface area contributed by atoms with Crippen LogP contribution >= 0.6 is 0 Å². The molecular formula is C76H42N8. The Morgan fingerprint density at radius 1 is 0.226 bits per heavy atom. The molecule has 0 radical (unpaired) electrons. The van der Waals surface area contributed by atoms with Crippen molar-refractivity contribution < 1.29 is 0 Å². The van der Waals surface area contributed by atoms with Crippen molar-refractivity contribution in [3.8, 4) is 80.4 Å². The second kappa shape index (κ2) is 18.7. The highest BCUT2D eigenvalue weighted by molar-refractivity contribution is 6.27. The third-order valence-corrected chi connectivity index (χ3v) is 16.9. The molecule has 0 saturated heterocycles. The molecule has 0 saturated carbocycles. The van der Waals surface area contributed by atoms with E-state index in [1.54, 1.807) is 0 Å². The maximum Gasteiger partial charge on any atom is 0.101 e. The maximum atomic E-state index is 12.7.